The maximum absolute atomic E-state index is 12.6. The smallest absolute Gasteiger partial charge is 0.317 e. The highest BCUT2D eigenvalue weighted by Gasteiger charge is 2.20. The molecule has 0 saturated carbocycles. The standard InChI is InChI=1S/C11H11FO3S/c1-7(13)16-10(11(14)15)6-8-2-4-9(12)5-3-8/h2-5,10H,6H2,1H3,(H,14,15)/t10-/m0/s1. The average molecular weight is 242 g/mol. The van der Waals surface area contributed by atoms with Crippen LogP contribution in [0.1, 0.15) is 12.5 Å². The van der Waals surface area contributed by atoms with Crippen molar-refractivity contribution in [2.75, 3.05) is 0 Å². The molecule has 1 rings (SSSR count). The van der Waals surface area contributed by atoms with Crippen LogP contribution in [0.2, 0.25) is 0 Å². The van der Waals surface area contributed by atoms with Crippen LogP contribution in [-0.2, 0) is 16.0 Å². The van der Waals surface area contributed by atoms with Gasteiger partial charge < -0.3 is 5.11 Å². The molecule has 1 N–H and O–H groups in total. The highest BCUT2D eigenvalue weighted by atomic mass is 32.2. The van der Waals surface area contributed by atoms with E-state index in [2.05, 4.69) is 0 Å². The summed E-state index contributed by atoms with van der Waals surface area (Å²) in [7, 11) is 0. The van der Waals surface area contributed by atoms with E-state index in [4.69, 9.17) is 5.11 Å². The van der Waals surface area contributed by atoms with Crippen molar-refractivity contribution in [3.05, 3.63) is 35.6 Å². The van der Waals surface area contributed by atoms with Gasteiger partial charge in [0, 0.05) is 6.92 Å². The predicted molar refractivity (Wildman–Crippen MR) is 59.8 cm³/mol. The van der Waals surface area contributed by atoms with Gasteiger partial charge in [-0.3, -0.25) is 9.59 Å². The lowest BCUT2D eigenvalue weighted by Crippen LogP contribution is -2.20. The van der Waals surface area contributed by atoms with Crippen molar-refractivity contribution >= 4 is 22.8 Å². The molecule has 0 aromatic heterocycles. The highest BCUT2D eigenvalue weighted by Crippen LogP contribution is 2.18. The number of halogens is 1. The van der Waals surface area contributed by atoms with Crippen LogP contribution in [0.5, 0.6) is 0 Å². The molecule has 0 fully saturated rings. The SMILES string of the molecule is CC(=O)S[C@@H](Cc1ccc(F)cc1)C(=O)O. The van der Waals surface area contributed by atoms with Gasteiger partial charge in [0.15, 0.2) is 5.12 Å². The largest absolute Gasteiger partial charge is 0.480 e. The normalized spacial score (nSPS) is 12.1. The topological polar surface area (TPSA) is 54.4 Å². The van der Waals surface area contributed by atoms with Crippen molar-refractivity contribution in [2.24, 2.45) is 0 Å². The fraction of sp³-hybridized carbons (Fsp3) is 0.273. The summed E-state index contributed by atoms with van der Waals surface area (Å²) in [5.74, 6) is -1.40. The number of benzene rings is 1. The molecule has 0 aliphatic carbocycles. The molecule has 16 heavy (non-hydrogen) atoms. The molecular weight excluding hydrogens is 231 g/mol. The van der Waals surface area contributed by atoms with Crippen LogP contribution in [0.4, 0.5) is 4.39 Å². The summed E-state index contributed by atoms with van der Waals surface area (Å²) < 4.78 is 12.6. The fourth-order valence-corrected chi connectivity index (χ4v) is 1.99. The molecule has 3 nitrogen and oxygen atoms in total. The number of carbonyl (C=O) groups excluding carboxylic acids is 1. The second-order valence-electron chi connectivity index (χ2n) is 3.27. The van der Waals surface area contributed by atoms with Crippen molar-refractivity contribution in [3.63, 3.8) is 0 Å². The fourth-order valence-electron chi connectivity index (χ4n) is 1.21. The zero-order valence-corrected chi connectivity index (χ0v) is 9.46. The molecular formula is C11H11FO3S. The molecule has 1 aromatic rings. The average Bonchev–Trinajstić information content (AvgIpc) is 2.19. The van der Waals surface area contributed by atoms with Gasteiger partial charge in [0.2, 0.25) is 0 Å². The minimum Gasteiger partial charge on any atom is -0.480 e. The molecule has 0 spiro atoms. The Morgan fingerprint density at radius 2 is 1.94 bits per heavy atom. The Kier molecular flexibility index (Phi) is 4.49. The van der Waals surface area contributed by atoms with Gasteiger partial charge in [0.05, 0.1) is 0 Å². The van der Waals surface area contributed by atoms with Crippen LogP contribution < -0.4 is 0 Å². The molecule has 0 aliphatic rings. The molecule has 0 unspecified atom stereocenters. The Hall–Kier alpha value is -1.36. The van der Waals surface area contributed by atoms with Crippen molar-refractivity contribution in [3.8, 4) is 0 Å². The van der Waals surface area contributed by atoms with Gasteiger partial charge in [-0.1, -0.05) is 23.9 Å². The number of aliphatic carboxylic acids is 1. The second kappa shape index (κ2) is 5.65. The van der Waals surface area contributed by atoms with E-state index in [0.717, 1.165) is 11.8 Å². The quantitative estimate of drug-likeness (QED) is 0.878. The molecule has 1 aromatic carbocycles. The first-order valence-electron chi connectivity index (χ1n) is 4.63. The minimum atomic E-state index is -1.04. The summed E-state index contributed by atoms with van der Waals surface area (Å²) in [6.45, 7) is 1.32. The summed E-state index contributed by atoms with van der Waals surface area (Å²) in [5.41, 5.74) is 0.697. The summed E-state index contributed by atoms with van der Waals surface area (Å²) in [6.07, 6.45) is 0.208. The van der Waals surface area contributed by atoms with E-state index < -0.39 is 11.2 Å². The third-order valence-electron chi connectivity index (χ3n) is 1.92. The van der Waals surface area contributed by atoms with Gasteiger partial charge in [0.1, 0.15) is 11.1 Å². The molecule has 0 heterocycles. The molecule has 0 radical (unpaired) electrons. The van der Waals surface area contributed by atoms with E-state index in [1.165, 1.54) is 31.2 Å². The van der Waals surface area contributed by atoms with Crippen molar-refractivity contribution in [2.45, 2.75) is 18.6 Å². The molecule has 0 saturated heterocycles. The Balaban J connectivity index is 2.71. The number of thioether (sulfide) groups is 1. The van der Waals surface area contributed by atoms with E-state index in [1.54, 1.807) is 0 Å². The zero-order valence-electron chi connectivity index (χ0n) is 8.64. The van der Waals surface area contributed by atoms with E-state index in [1.807, 2.05) is 0 Å². The minimum absolute atomic E-state index is 0.208. The number of carbonyl (C=O) groups is 2. The van der Waals surface area contributed by atoms with Gasteiger partial charge >= 0.3 is 5.97 Å². The first-order chi connectivity index (χ1) is 7.49. The first kappa shape index (κ1) is 12.7. The van der Waals surface area contributed by atoms with E-state index >= 15 is 0 Å². The van der Waals surface area contributed by atoms with E-state index in [-0.39, 0.29) is 17.4 Å². The number of hydrogen-bond acceptors (Lipinski definition) is 3. The van der Waals surface area contributed by atoms with Crippen molar-refractivity contribution in [1.82, 2.24) is 0 Å². The van der Waals surface area contributed by atoms with Gasteiger partial charge in [-0.25, -0.2) is 4.39 Å². The molecule has 5 heteroatoms. The third kappa shape index (κ3) is 4.02. The summed E-state index contributed by atoms with van der Waals surface area (Å²) >= 11 is 0.775. The Bertz CT molecular complexity index is 389. The molecule has 1 atom stereocenters. The Morgan fingerprint density at radius 1 is 1.38 bits per heavy atom. The highest BCUT2D eigenvalue weighted by molar-refractivity contribution is 8.14. The predicted octanol–water partition coefficient (Wildman–Crippen LogP) is 2.10. The number of carboxylic acids is 1. The molecule has 86 valence electrons. The second-order valence-corrected chi connectivity index (χ2v) is 4.65. The molecule has 0 bridgehead atoms. The van der Waals surface area contributed by atoms with E-state index in [0.29, 0.717) is 5.56 Å². The Morgan fingerprint density at radius 3 is 2.38 bits per heavy atom. The van der Waals surface area contributed by atoms with Gasteiger partial charge in [-0.05, 0) is 24.1 Å². The van der Waals surface area contributed by atoms with Crippen molar-refractivity contribution in [1.29, 1.82) is 0 Å². The van der Waals surface area contributed by atoms with Crippen LogP contribution in [-0.4, -0.2) is 21.4 Å². The van der Waals surface area contributed by atoms with Crippen LogP contribution in [0, 0.1) is 5.82 Å². The maximum Gasteiger partial charge on any atom is 0.317 e. The zero-order chi connectivity index (χ0) is 12.1. The summed E-state index contributed by atoms with van der Waals surface area (Å²) in [4.78, 5) is 21.7. The van der Waals surface area contributed by atoms with Crippen LogP contribution >= 0.6 is 11.8 Å². The monoisotopic (exact) mass is 242 g/mol. The number of rotatable bonds is 4. The van der Waals surface area contributed by atoms with Crippen LogP contribution in [0.3, 0.4) is 0 Å². The third-order valence-corrected chi connectivity index (χ3v) is 2.90. The van der Waals surface area contributed by atoms with Gasteiger partial charge in [-0.2, -0.15) is 0 Å². The summed E-state index contributed by atoms with van der Waals surface area (Å²) in [5, 5.41) is 7.83. The summed E-state index contributed by atoms with van der Waals surface area (Å²) in [6, 6.07) is 5.58. The van der Waals surface area contributed by atoms with E-state index in [9.17, 15) is 14.0 Å². The Labute approximate surface area is 96.7 Å². The molecule has 0 amide bonds. The van der Waals surface area contributed by atoms with Gasteiger partial charge in [0.25, 0.3) is 0 Å². The first-order valence-corrected chi connectivity index (χ1v) is 5.51. The lowest BCUT2D eigenvalue weighted by Gasteiger charge is -2.09. The van der Waals surface area contributed by atoms with Crippen LogP contribution in [0.25, 0.3) is 0 Å². The maximum atomic E-state index is 12.6. The lowest BCUT2D eigenvalue weighted by atomic mass is 10.1. The number of carboxylic acid groups (broad SMARTS) is 1. The van der Waals surface area contributed by atoms with Gasteiger partial charge in [-0.15, -0.1) is 0 Å². The lowest BCUT2D eigenvalue weighted by molar-refractivity contribution is -0.136. The van der Waals surface area contributed by atoms with Crippen molar-refractivity contribution < 1.29 is 19.1 Å². The molecule has 0 aliphatic heterocycles. The van der Waals surface area contributed by atoms with Crippen LogP contribution in [0.15, 0.2) is 24.3 Å². The number of hydrogen-bond donors (Lipinski definition) is 1.